The van der Waals surface area contributed by atoms with Gasteiger partial charge in [-0.15, -0.1) is 0 Å². The summed E-state index contributed by atoms with van der Waals surface area (Å²) in [7, 11) is 0. The lowest BCUT2D eigenvalue weighted by Gasteiger charge is -2.14. The van der Waals surface area contributed by atoms with E-state index in [-0.39, 0.29) is 17.6 Å². The van der Waals surface area contributed by atoms with Crippen LogP contribution in [0.2, 0.25) is 0 Å². The molecule has 0 N–H and O–H groups in total. The van der Waals surface area contributed by atoms with Crippen LogP contribution in [-0.2, 0) is 14.3 Å². The van der Waals surface area contributed by atoms with E-state index < -0.39 is 12.1 Å². The van der Waals surface area contributed by atoms with Gasteiger partial charge in [-0.2, -0.15) is 0 Å². The monoisotopic (exact) mass is 336 g/mol. The number of rotatable bonds is 5. The summed E-state index contributed by atoms with van der Waals surface area (Å²) in [5, 5.41) is 0. The summed E-state index contributed by atoms with van der Waals surface area (Å²) in [5.41, 5.74) is 2.14. The Kier molecular flexibility index (Phi) is 4.98. The Labute approximate surface area is 147 Å². The van der Waals surface area contributed by atoms with Gasteiger partial charge in [-0.25, -0.2) is 4.79 Å². The molecule has 0 fully saturated rings. The van der Waals surface area contributed by atoms with Crippen LogP contribution in [0.1, 0.15) is 36.2 Å². The largest absolute Gasteiger partial charge is 0.474 e. The van der Waals surface area contributed by atoms with Gasteiger partial charge in [0, 0.05) is 17.6 Å². The van der Waals surface area contributed by atoms with Crippen LogP contribution in [-0.4, -0.2) is 24.0 Å². The molecule has 3 rings (SSSR count). The summed E-state index contributed by atoms with van der Waals surface area (Å²) in [6.07, 6.45) is -0.700. The molecule has 0 amide bonds. The minimum atomic E-state index is -0.791. The van der Waals surface area contributed by atoms with Crippen molar-refractivity contribution in [1.82, 2.24) is 0 Å². The fourth-order valence-corrected chi connectivity index (χ4v) is 2.77. The first kappa shape index (κ1) is 17.0. The maximum atomic E-state index is 12.9. The lowest BCUT2D eigenvalue weighted by atomic mass is 9.98. The summed E-state index contributed by atoms with van der Waals surface area (Å²) in [5.74, 6) is -0.443. The van der Waals surface area contributed by atoms with E-state index in [0.29, 0.717) is 12.0 Å². The number of benzene rings is 2. The van der Waals surface area contributed by atoms with Gasteiger partial charge in [-0.05, 0) is 19.4 Å². The van der Waals surface area contributed by atoms with Gasteiger partial charge < -0.3 is 9.47 Å². The van der Waals surface area contributed by atoms with Crippen LogP contribution in [0.25, 0.3) is 5.57 Å². The fourth-order valence-electron chi connectivity index (χ4n) is 2.77. The second-order valence-corrected chi connectivity index (χ2v) is 6.17. The highest BCUT2D eigenvalue weighted by molar-refractivity contribution is 6.12. The summed E-state index contributed by atoms with van der Waals surface area (Å²) >= 11 is 0. The van der Waals surface area contributed by atoms with E-state index in [1.165, 1.54) is 0 Å². The third kappa shape index (κ3) is 3.79. The van der Waals surface area contributed by atoms with Crippen molar-refractivity contribution in [1.29, 1.82) is 0 Å². The number of ether oxygens (including phenoxy) is 2. The SMILES string of the molecule is CC(C)OC(=O)C1CC(c2ccccc2)=C(C(=O)c2ccccc2)O1. The normalized spacial score (nSPS) is 16.7. The molecule has 4 nitrogen and oxygen atoms in total. The Morgan fingerprint density at radius 2 is 1.60 bits per heavy atom. The van der Waals surface area contributed by atoms with Crippen molar-refractivity contribution in [2.45, 2.75) is 32.5 Å². The predicted octanol–water partition coefficient (Wildman–Crippen LogP) is 4.02. The first-order chi connectivity index (χ1) is 12.1. The quantitative estimate of drug-likeness (QED) is 0.611. The molecule has 1 unspecified atom stereocenters. The van der Waals surface area contributed by atoms with Crippen molar-refractivity contribution in [3.8, 4) is 0 Å². The molecule has 0 spiro atoms. The average molecular weight is 336 g/mol. The molecule has 1 aliphatic rings. The van der Waals surface area contributed by atoms with Gasteiger partial charge in [0.15, 0.2) is 11.9 Å². The number of hydrogen-bond acceptors (Lipinski definition) is 4. The second-order valence-electron chi connectivity index (χ2n) is 6.17. The fraction of sp³-hybridized carbons (Fsp3) is 0.238. The van der Waals surface area contributed by atoms with E-state index in [9.17, 15) is 9.59 Å². The molecule has 25 heavy (non-hydrogen) atoms. The zero-order valence-electron chi connectivity index (χ0n) is 14.3. The molecule has 0 aromatic heterocycles. The van der Waals surface area contributed by atoms with E-state index >= 15 is 0 Å². The highest BCUT2D eigenvalue weighted by atomic mass is 16.6. The third-order valence-electron chi connectivity index (χ3n) is 3.90. The van der Waals surface area contributed by atoms with Crippen LogP contribution in [0.3, 0.4) is 0 Å². The van der Waals surface area contributed by atoms with Crippen LogP contribution >= 0.6 is 0 Å². The van der Waals surface area contributed by atoms with Gasteiger partial charge in [0.2, 0.25) is 5.78 Å². The van der Waals surface area contributed by atoms with Crippen molar-refractivity contribution in [2.75, 3.05) is 0 Å². The Hall–Kier alpha value is -2.88. The lowest BCUT2D eigenvalue weighted by Crippen LogP contribution is -2.26. The molecule has 0 aliphatic carbocycles. The van der Waals surface area contributed by atoms with Crippen LogP contribution in [0, 0.1) is 0 Å². The molecule has 0 radical (unpaired) electrons. The van der Waals surface area contributed by atoms with E-state index in [4.69, 9.17) is 9.47 Å². The van der Waals surface area contributed by atoms with E-state index in [1.54, 1.807) is 38.1 Å². The Morgan fingerprint density at radius 1 is 1.00 bits per heavy atom. The molecule has 2 aromatic rings. The molecular weight excluding hydrogens is 316 g/mol. The molecule has 2 aromatic carbocycles. The predicted molar refractivity (Wildman–Crippen MR) is 94.9 cm³/mol. The molecule has 1 atom stereocenters. The number of hydrogen-bond donors (Lipinski definition) is 0. The van der Waals surface area contributed by atoms with Gasteiger partial charge >= 0.3 is 5.97 Å². The van der Waals surface area contributed by atoms with Crippen molar-refractivity contribution >= 4 is 17.3 Å². The van der Waals surface area contributed by atoms with Crippen LogP contribution in [0.4, 0.5) is 0 Å². The van der Waals surface area contributed by atoms with Crippen LogP contribution in [0.15, 0.2) is 66.4 Å². The van der Waals surface area contributed by atoms with Crippen molar-refractivity contribution in [2.24, 2.45) is 0 Å². The first-order valence-corrected chi connectivity index (χ1v) is 8.31. The molecule has 0 saturated carbocycles. The van der Waals surface area contributed by atoms with Crippen LogP contribution in [0.5, 0.6) is 0 Å². The standard InChI is InChI=1S/C21H20O4/c1-14(2)24-21(23)18-13-17(15-9-5-3-6-10-15)20(25-18)19(22)16-11-7-4-8-12-16/h3-12,14,18H,13H2,1-2H3. The average Bonchev–Trinajstić information content (AvgIpc) is 3.07. The number of carbonyl (C=O) groups is 2. The van der Waals surface area contributed by atoms with E-state index in [2.05, 4.69) is 0 Å². The zero-order valence-corrected chi connectivity index (χ0v) is 14.3. The van der Waals surface area contributed by atoms with Crippen LogP contribution < -0.4 is 0 Å². The van der Waals surface area contributed by atoms with Crippen molar-refractivity contribution < 1.29 is 19.1 Å². The smallest absolute Gasteiger partial charge is 0.347 e. The van der Waals surface area contributed by atoms with Gasteiger partial charge in [0.25, 0.3) is 0 Å². The maximum Gasteiger partial charge on any atom is 0.347 e. The molecule has 0 saturated heterocycles. The third-order valence-corrected chi connectivity index (χ3v) is 3.90. The zero-order chi connectivity index (χ0) is 17.8. The minimum absolute atomic E-state index is 0.223. The summed E-state index contributed by atoms with van der Waals surface area (Å²) in [6.45, 7) is 3.57. The lowest BCUT2D eigenvalue weighted by molar-refractivity contribution is -0.157. The number of allylic oxidation sites excluding steroid dienone is 1. The Morgan fingerprint density at radius 3 is 2.20 bits per heavy atom. The number of ketones is 1. The molecule has 0 bridgehead atoms. The van der Waals surface area contributed by atoms with Gasteiger partial charge in [0.05, 0.1) is 6.10 Å². The molecule has 1 heterocycles. The summed E-state index contributed by atoms with van der Waals surface area (Å²) in [6, 6.07) is 18.4. The molecule has 1 aliphatic heterocycles. The van der Waals surface area contributed by atoms with Crippen molar-refractivity contribution in [3.63, 3.8) is 0 Å². The maximum absolute atomic E-state index is 12.9. The first-order valence-electron chi connectivity index (χ1n) is 8.31. The number of Topliss-reactive ketones (excluding diaryl/α,β-unsaturated/α-hetero) is 1. The van der Waals surface area contributed by atoms with Gasteiger partial charge in [-0.3, -0.25) is 4.79 Å². The van der Waals surface area contributed by atoms with Crippen molar-refractivity contribution in [3.05, 3.63) is 77.5 Å². The molecule has 4 heteroatoms. The highest BCUT2D eigenvalue weighted by Crippen LogP contribution is 2.35. The highest BCUT2D eigenvalue weighted by Gasteiger charge is 2.36. The van der Waals surface area contributed by atoms with Gasteiger partial charge in [-0.1, -0.05) is 60.7 Å². The van der Waals surface area contributed by atoms with E-state index in [0.717, 1.165) is 11.1 Å². The number of carbonyl (C=O) groups excluding carboxylic acids is 2. The topological polar surface area (TPSA) is 52.6 Å². The summed E-state index contributed by atoms with van der Waals surface area (Å²) < 4.78 is 11.0. The molecular formula is C21H20O4. The second kappa shape index (κ2) is 7.34. The summed E-state index contributed by atoms with van der Waals surface area (Å²) in [4.78, 5) is 25.1. The molecule has 128 valence electrons. The Balaban J connectivity index is 1.94. The number of esters is 1. The Bertz CT molecular complexity index is 791. The van der Waals surface area contributed by atoms with Gasteiger partial charge in [0.1, 0.15) is 0 Å². The minimum Gasteiger partial charge on any atom is -0.474 e. The van der Waals surface area contributed by atoms with E-state index in [1.807, 2.05) is 36.4 Å².